The SMILES string of the molecule is N#CC1(NC(=O)c2ccc[nH]2)CC1. The summed E-state index contributed by atoms with van der Waals surface area (Å²) in [5, 5.41) is 11.4. The van der Waals surface area contributed by atoms with Crippen molar-refractivity contribution in [2.75, 3.05) is 0 Å². The monoisotopic (exact) mass is 175 g/mol. The smallest absolute Gasteiger partial charge is 0.268 e. The van der Waals surface area contributed by atoms with E-state index in [1.54, 1.807) is 18.3 Å². The minimum Gasteiger partial charge on any atom is -0.357 e. The number of rotatable bonds is 2. The Balaban J connectivity index is 2.05. The van der Waals surface area contributed by atoms with Crippen LogP contribution in [0, 0.1) is 11.3 Å². The van der Waals surface area contributed by atoms with E-state index in [4.69, 9.17) is 5.26 Å². The molecule has 1 aliphatic rings. The molecule has 1 amide bonds. The van der Waals surface area contributed by atoms with Gasteiger partial charge < -0.3 is 10.3 Å². The van der Waals surface area contributed by atoms with Gasteiger partial charge in [-0.3, -0.25) is 4.79 Å². The molecule has 1 heterocycles. The molecule has 1 aromatic rings. The second-order valence-electron chi connectivity index (χ2n) is 3.23. The van der Waals surface area contributed by atoms with Crippen molar-refractivity contribution in [1.29, 1.82) is 5.26 Å². The molecule has 4 nitrogen and oxygen atoms in total. The number of carbonyl (C=O) groups is 1. The fourth-order valence-corrected chi connectivity index (χ4v) is 1.15. The Bertz CT molecular complexity index is 357. The Morgan fingerprint density at radius 1 is 1.69 bits per heavy atom. The van der Waals surface area contributed by atoms with E-state index in [2.05, 4.69) is 16.4 Å². The summed E-state index contributed by atoms with van der Waals surface area (Å²) in [4.78, 5) is 14.2. The number of nitrogens with zero attached hydrogens (tertiary/aromatic N) is 1. The van der Waals surface area contributed by atoms with Crippen molar-refractivity contribution in [1.82, 2.24) is 10.3 Å². The molecule has 1 saturated carbocycles. The molecule has 13 heavy (non-hydrogen) atoms. The van der Waals surface area contributed by atoms with E-state index in [1.807, 2.05) is 0 Å². The number of hydrogen-bond donors (Lipinski definition) is 2. The van der Waals surface area contributed by atoms with Gasteiger partial charge in [0.15, 0.2) is 0 Å². The van der Waals surface area contributed by atoms with Gasteiger partial charge in [-0.05, 0) is 25.0 Å². The second kappa shape index (κ2) is 2.63. The highest BCUT2D eigenvalue weighted by Crippen LogP contribution is 2.34. The van der Waals surface area contributed by atoms with Crippen LogP contribution >= 0.6 is 0 Å². The molecule has 1 aromatic heterocycles. The van der Waals surface area contributed by atoms with Crippen molar-refractivity contribution in [2.45, 2.75) is 18.4 Å². The first kappa shape index (κ1) is 7.87. The predicted molar refractivity (Wildman–Crippen MR) is 45.8 cm³/mol. The van der Waals surface area contributed by atoms with Crippen LogP contribution in [0.5, 0.6) is 0 Å². The van der Waals surface area contributed by atoms with Gasteiger partial charge in [-0.25, -0.2) is 0 Å². The highest BCUT2D eigenvalue weighted by molar-refractivity contribution is 5.93. The molecular formula is C9H9N3O. The van der Waals surface area contributed by atoms with E-state index < -0.39 is 5.54 Å². The van der Waals surface area contributed by atoms with Crippen LogP contribution in [0.1, 0.15) is 23.3 Å². The lowest BCUT2D eigenvalue weighted by Gasteiger charge is -2.06. The molecule has 1 aliphatic carbocycles. The molecular weight excluding hydrogens is 166 g/mol. The van der Waals surface area contributed by atoms with E-state index in [0.29, 0.717) is 5.69 Å². The molecule has 0 radical (unpaired) electrons. The lowest BCUT2D eigenvalue weighted by atomic mass is 10.3. The number of nitrogens with one attached hydrogen (secondary N) is 2. The highest BCUT2D eigenvalue weighted by Gasteiger charge is 2.44. The largest absolute Gasteiger partial charge is 0.357 e. The first-order valence-corrected chi connectivity index (χ1v) is 4.13. The van der Waals surface area contributed by atoms with Crippen LogP contribution in [0.15, 0.2) is 18.3 Å². The number of aromatic amines is 1. The Kier molecular flexibility index (Phi) is 1.59. The van der Waals surface area contributed by atoms with Crippen molar-refractivity contribution in [3.63, 3.8) is 0 Å². The van der Waals surface area contributed by atoms with Gasteiger partial charge in [0.2, 0.25) is 0 Å². The lowest BCUT2D eigenvalue weighted by Crippen LogP contribution is -2.35. The molecule has 2 rings (SSSR count). The van der Waals surface area contributed by atoms with Gasteiger partial charge in [-0.15, -0.1) is 0 Å². The summed E-state index contributed by atoms with van der Waals surface area (Å²) >= 11 is 0. The van der Waals surface area contributed by atoms with E-state index in [-0.39, 0.29) is 5.91 Å². The van der Waals surface area contributed by atoms with Gasteiger partial charge in [0.1, 0.15) is 11.2 Å². The summed E-state index contributed by atoms with van der Waals surface area (Å²) in [6.45, 7) is 0. The van der Waals surface area contributed by atoms with Gasteiger partial charge in [-0.2, -0.15) is 5.26 Å². The first-order chi connectivity index (χ1) is 6.26. The minimum absolute atomic E-state index is 0.205. The zero-order chi connectivity index (χ0) is 9.31. The van der Waals surface area contributed by atoms with Crippen molar-refractivity contribution in [3.8, 4) is 6.07 Å². The van der Waals surface area contributed by atoms with Crippen LogP contribution in [0.2, 0.25) is 0 Å². The van der Waals surface area contributed by atoms with Crippen molar-refractivity contribution in [2.24, 2.45) is 0 Å². The van der Waals surface area contributed by atoms with Gasteiger partial charge in [-0.1, -0.05) is 0 Å². The van der Waals surface area contributed by atoms with E-state index in [9.17, 15) is 4.79 Å². The van der Waals surface area contributed by atoms with E-state index in [1.165, 1.54) is 0 Å². The number of amides is 1. The van der Waals surface area contributed by atoms with E-state index >= 15 is 0 Å². The molecule has 0 aliphatic heterocycles. The standard InChI is InChI=1S/C9H9N3O/c10-6-9(3-4-9)12-8(13)7-2-1-5-11-7/h1-2,5,11H,3-4H2,(H,12,13). The maximum absolute atomic E-state index is 11.4. The third-order valence-electron chi connectivity index (χ3n) is 2.16. The predicted octanol–water partition coefficient (Wildman–Crippen LogP) is 0.801. The summed E-state index contributed by atoms with van der Waals surface area (Å²) in [5.41, 5.74) is -0.0797. The third kappa shape index (κ3) is 1.41. The summed E-state index contributed by atoms with van der Waals surface area (Å²) in [6, 6.07) is 5.53. The van der Waals surface area contributed by atoms with Crippen LogP contribution in [0.4, 0.5) is 0 Å². The Hall–Kier alpha value is -1.76. The molecule has 1 fully saturated rings. The Morgan fingerprint density at radius 2 is 2.46 bits per heavy atom. The summed E-state index contributed by atoms with van der Waals surface area (Å²) in [5.74, 6) is -0.205. The van der Waals surface area contributed by atoms with E-state index in [0.717, 1.165) is 12.8 Å². The Morgan fingerprint density at radius 3 is 2.92 bits per heavy atom. The summed E-state index contributed by atoms with van der Waals surface area (Å²) < 4.78 is 0. The number of aromatic nitrogens is 1. The zero-order valence-electron chi connectivity index (χ0n) is 7.00. The number of H-pyrrole nitrogens is 1. The lowest BCUT2D eigenvalue weighted by molar-refractivity contribution is 0.0937. The third-order valence-corrected chi connectivity index (χ3v) is 2.16. The normalized spacial score (nSPS) is 17.5. The summed E-state index contributed by atoms with van der Waals surface area (Å²) in [7, 11) is 0. The number of carbonyl (C=O) groups excluding carboxylic acids is 1. The number of hydrogen-bond acceptors (Lipinski definition) is 2. The summed E-state index contributed by atoms with van der Waals surface area (Å²) in [6.07, 6.45) is 3.20. The maximum Gasteiger partial charge on any atom is 0.268 e. The van der Waals surface area contributed by atoms with Crippen molar-refractivity contribution < 1.29 is 4.79 Å². The minimum atomic E-state index is -0.581. The van der Waals surface area contributed by atoms with Gasteiger partial charge >= 0.3 is 0 Å². The molecule has 0 unspecified atom stereocenters. The fourth-order valence-electron chi connectivity index (χ4n) is 1.15. The molecule has 2 N–H and O–H groups in total. The zero-order valence-corrected chi connectivity index (χ0v) is 7.00. The molecule has 0 bridgehead atoms. The molecule has 0 atom stereocenters. The topological polar surface area (TPSA) is 68.7 Å². The maximum atomic E-state index is 11.4. The average Bonchev–Trinajstić information content (AvgIpc) is 2.69. The van der Waals surface area contributed by atoms with Gasteiger partial charge in [0, 0.05) is 6.20 Å². The van der Waals surface area contributed by atoms with Crippen molar-refractivity contribution in [3.05, 3.63) is 24.0 Å². The van der Waals surface area contributed by atoms with Crippen LogP contribution in [0.3, 0.4) is 0 Å². The van der Waals surface area contributed by atoms with Crippen LogP contribution in [-0.2, 0) is 0 Å². The van der Waals surface area contributed by atoms with Crippen LogP contribution < -0.4 is 5.32 Å². The molecule has 66 valence electrons. The molecule has 0 spiro atoms. The average molecular weight is 175 g/mol. The quantitative estimate of drug-likeness (QED) is 0.698. The van der Waals surface area contributed by atoms with Crippen LogP contribution in [0.25, 0.3) is 0 Å². The molecule has 0 saturated heterocycles. The molecule has 0 aromatic carbocycles. The Labute approximate surface area is 75.6 Å². The van der Waals surface area contributed by atoms with Crippen molar-refractivity contribution >= 4 is 5.91 Å². The second-order valence-corrected chi connectivity index (χ2v) is 3.23. The van der Waals surface area contributed by atoms with Gasteiger partial charge in [0.05, 0.1) is 6.07 Å². The highest BCUT2D eigenvalue weighted by atomic mass is 16.2. The first-order valence-electron chi connectivity index (χ1n) is 4.13. The fraction of sp³-hybridized carbons (Fsp3) is 0.333. The molecule has 4 heteroatoms. The van der Waals surface area contributed by atoms with Gasteiger partial charge in [0.25, 0.3) is 5.91 Å². The number of nitriles is 1. The van der Waals surface area contributed by atoms with Crippen LogP contribution in [-0.4, -0.2) is 16.4 Å².